The molecule has 0 unspecified atom stereocenters. The second-order valence-electron chi connectivity index (χ2n) is 4.32. The third kappa shape index (κ3) is 4.00. The molecule has 2 heterocycles. The molecule has 0 aliphatic carbocycles. The second kappa shape index (κ2) is 6.81. The van der Waals surface area contributed by atoms with Gasteiger partial charge in [-0.15, -0.1) is 0 Å². The molecule has 4 rings (SSSR count). The maximum Gasteiger partial charge on any atom is 0.119 e. The molecule has 0 saturated carbocycles. The SMILES string of the molecule is COc1cccc(CCN)c1.c1cc2ccc1CO2. The lowest BCUT2D eigenvalue weighted by Gasteiger charge is -2.11. The van der Waals surface area contributed by atoms with E-state index in [1.807, 2.05) is 30.3 Å². The van der Waals surface area contributed by atoms with E-state index in [2.05, 4.69) is 18.2 Å². The topological polar surface area (TPSA) is 44.5 Å². The first-order chi connectivity index (χ1) is 9.31. The molecule has 2 aliphatic rings. The zero-order valence-corrected chi connectivity index (χ0v) is 11.1. The zero-order chi connectivity index (χ0) is 13.5. The van der Waals surface area contributed by atoms with Gasteiger partial charge in [-0.05, 0) is 48.4 Å². The molecular formula is C16H19NO2. The minimum absolute atomic E-state index is 0.688. The number of hydrogen-bond acceptors (Lipinski definition) is 3. The fourth-order valence-corrected chi connectivity index (χ4v) is 1.84. The van der Waals surface area contributed by atoms with Crippen molar-refractivity contribution in [3.05, 3.63) is 59.7 Å². The molecule has 2 aliphatic heterocycles. The van der Waals surface area contributed by atoms with E-state index in [1.165, 1.54) is 11.1 Å². The Morgan fingerprint density at radius 1 is 1.16 bits per heavy atom. The van der Waals surface area contributed by atoms with Gasteiger partial charge in [-0.25, -0.2) is 0 Å². The molecular weight excluding hydrogens is 238 g/mol. The highest BCUT2D eigenvalue weighted by Crippen LogP contribution is 2.19. The third-order valence-electron chi connectivity index (χ3n) is 2.90. The van der Waals surface area contributed by atoms with Crippen molar-refractivity contribution in [3.8, 4) is 11.5 Å². The highest BCUT2D eigenvalue weighted by molar-refractivity contribution is 5.30. The molecule has 0 radical (unpaired) electrons. The Labute approximate surface area is 114 Å². The zero-order valence-electron chi connectivity index (χ0n) is 11.1. The summed E-state index contributed by atoms with van der Waals surface area (Å²) < 4.78 is 10.2. The van der Waals surface area contributed by atoms with Crippen LogP contribution in [-0.4, -0.2) is 13.7 Å². The number of rotatable bonds is 3. The molecule has 0 saturated heterocycles. The smallest absolute Gasteiger partial charge is 0.119 e. The molecule has 2 aromatic rings. The molecule has 3 heteroatoms. The van der Waals surface area contributed by atoms with Crippen LogP contribution in [0.15, 0.2) is 48.5 Å². The van der Waals surface area contributed by atoms with E-state index in [9.17, 15) is 0 Å². The van der Waals surface area contributed by atoms with Crippen LogP contribution in [0.3, 0.4) is 0 Å². The fraction of sp³-hybridized carbons (Fsp3) is 0.250. The summed E-state index contributed by atoms with van der Waals surface area (Å²) in [5, 5.41) is 0. The predicted octanol–water partition coefficient (Wildman–Crippen LogP) is 2.78. The Hall–Kier alpha value is -2.00. The molecule has 0 spiro atoms. The van der Waals surface area contributed by atoms with Crippen LogP contribution in [0.1, 0.15) is 11.1 Å². The van der Waals surface area contributed by atoms with Gasteiger partial charge in [0, 0.05) is 0 Å². The molecule has 2 aromatic carbocycles. The van der Waals surface area contributed by atoms with Gasteiger partial charge in [-0.1, -0.05) is 24.3 Å². The van der Waals surface area contributed by atoms with Gasteiger partial charge in [0.05, 0.1) is 7.11 Å². The Kier molecular flexibility index (Phi) is 4.81. The number of ether oxygens (including phenoxy) is 2. The molecule has 100 valence electrons. The summed E-state index contributed by atoms with van der Waals surface area (Å²) in [4.78, 5) is 0. The minimum atomic E-state index is 0.688. The number of fused-ring (bicyclic) bond motifs is 3. The van der Waals surface area contributed by atoms with Gasteiger partial charge in [0.25, 0.3) is 0 Å². The van der Waals surface area contributed by atoms with Crippen molar-refractivity contribution in [2.75, 3.05) is 13.7 Å². The van der Waals surface area contributed by atoms with Crippen LogP contribution >= 0.6 is 0 Å². The average molecular weight is 257 g/mol. The maximum absolute atomic E-state index is 5.41. The number of benzene rings is 2. The number of methoxy groups -OCH3 is 1. The summed E-state index contributed by atoms with van der Waals surface area (Å²) in [7, 11) is 1.67. The molecule has 0 amide bonds. The van der Waals surface area contributed by atoms with Crippen molar-refractivity contribution in [2.24, 2.45) is 5.73 Å². The van der Waals surface area contributed by atoms with Crippen LogP contribution in [0, 0.1) is 0 Å². The van der Waals surface area contributed by atoms with Gasteiger partial charge in [0.1, 0.15) is 18.1 Å². The maximum atomic E-state index is 5.41. The summed E-state index contributed by atoms with van der Waals surface area (Å²) >= 11 is 0. The standard InChI is InChI=1S/C9H13NO.C7H6O/c1-11-9-4-2-3-8(7-9)5-6-10;1-3-7-4-2-6(1)5-8-7/h2-4,7H,5-6,10H2,1H3;1-4H,5H2. The monoisotopic (exact) mass is 257 g/mol. The van der Waals surface area contributed by atoms with Crippen molar-refractivity contribution in [3.63, 3.8) is 0 Å². The average Bonchev–Trinajstić information content (AvgIpc) is 2.50. The van der Waals surface area contributed by atoms with Crippen molar-refractivity contribution in [1.82, 2.24) is 0 Å². The molecule has 0 fully saturated rings. The fourth-order valence-electron chi connectivity index (χ4n) is 1.84. The second-order valence-corrected chi connectivity index (χ2v) is 4.32. The van der Waals surface area contributed by atoms with Crippen LogP contribution < -0.4 is 15.2 Å². The molecule has 3 nitrogen and oxygen atoms in total. The third-order valence-corrected chi connectivity index (χ3v) is 2.90. The number of hydrogen-bond donors (Lipinski definition) is 1. The molecule has 2 N–H and O–H groups in total. The first-order valence-corrected chi connectivity index (χ1v) is 6.36. The van der Waals surface area contributed by atoms with Crippen LogP contribution in [0.5, 0.6) is 11.5 Å². The van der Waals surface area contributed by atoms with Crippen molar-refractivity contribution in [1.29, 1.82) is 0 Å². The minimum Gasteiger partial charge on any atom is -0.497 e. The van der Waals surface area contributed by atoms with E-state index in [-0.39, 0.29) is 0 Å². The van der Waals surface area contributed by atoms with Gasteiger partial charge in [0.2, 0.25) is 0 Å². The molecule has 19 heavy (non-hydrogen) atoms. The van der Waals surface area contributed by atoms with E-state index in [4.69, 9.17) is 15.2 Å². The summed E-state index contributed by atoms with van der Waals surface area (Å²) in [5.74, 6) is 1.89. The van der Waals surface area contributed by atoms with E-state index >= 15 is 0 Å². The summed E-state index contributed by atoms with van der Waals surface area (Å²) in [5.41, 5.74) is 7.90. The van der Waals surface area contributed by atoms with Gasteiger partial charge in [0.15, 0.2) is 0 Å². The lowest BCUT2D eigenvalue weighted by atomic mass is 10.1. The Bertz CT molecular complexity index is 485. The Morgan fingerprint density at radius 2 is 1.95 bits per heavy atom. The van der Waals surface area contributed by atoms with Crippen LogP contribution in [0.4, 0.5) is 0 Å². The summed E-state index contributed by atoms with van der Waals surface area (Å²) in [6.45, 7) is 1.45. The van der Waals surface area contributed by atoms with Crippen molar-refractivity contribution < 1.29 is 9.47 Å². The van der Waals surface area contributed by atoms with Crippen molar-refractivity contribution >= 4 is 0 Å². The quantitative estimate of drug-likeness (QED) is 0.919. The van der Waals surface area contributed by atoms with E-state index in [1.54, 1.807) is 7.11 Å². The largest absolute Gasteiger partial charge is 0.497 e. The highest BCUT2D eigenvalue weighted by Gasteiger charge is 2.01. The lowest BCUT2D eigenvalue weighted by molar-refractivity contribution is 0.295. The summed E-state index contributed by atoms with van der Waals surface area (Å²) in [6, 6.07) is 16.1. The molecule has 2 bridgehead atoms. The van der Waals surface area contributed by atoms with Crippen LogP contribution in [-0.2, 0) is 13.0 Å². The predicted molar refractivity (Wildman–Crippen MR) is 76.5 cm³/mol. The van der Waals surface area contributed by atoms with Crippen LogP contribution in [0.2, 0.25) is 0 Å². The number of nitrogens with two attached hydrogens (primary N) is 1. The molecule has 0 atom stereocenters. The van der Waals surface area contributed by atoms with Gasteiger partial charge in [-0.2, -0.15) is 0 Å². The van der Waals surface area contributed by atoms with Gasteiger partial charge in [-0.3, -0.25) is 0 Å². The summed E-state index contributed by atoms with van der Waals surface area (Å²) in [6.07, 6.45) is 0.914. The lowest BCUT2D eigenvalue weighted by Crippen LogP contribution is -2.02. The van der Waals surface area contributed by atoms with Crippen LogP contribution in [0.25, 0.3) is 0 Å². The Morgan fingerprint density at radius 3 is 2.37 bits per heavy atom. The van der Waals surface area contributed by atoms with Gasteiger partial charge >= 0.3 is 0 Å². The first-order valence-electron chi connectivity index (χ1n) is 6.36. The van der Waals surface area contributed by atoms with E-state index in [0.29, 0.717) is 6.54 Å². The first kappa shape index (κ1) is 13.4. The molecule has 0 aromatic heterocycles. The van der Waals surface area contributed by atoms with E-state index in [0.717, 1.165) is 24.5 Å². The normalized spacial score (nSPS) is 11.3. The van der Waals surface area contributed by atoms with Crippen molar-refractivity contribution in [2.45, 2.75) is 13.0 Å². The Balaban J connectivity index is 0.000000146. The van der Waals surface area contributed by atoms with Gasteiger partial charge < -0.3 is 15.2 Å². The van der Waals surface area contributed by atoms with E-state index < -0.39 is 0 Å². The highest BCUT2D eigenvalue weighted by atomic mass is 16.5.